The number of hydrogen-bond donors (Lipinski definition) is 2. The summed E-state index contributed by atoms with van der Waals surface area (Å²) in [7, 11) is 1.56. The highest BCUT2D eigenvalue weighted by Crippen LogP contribution is 2.21. The molecule has 2 unspecified atom stereocenters. The van der Waals surface area contributed by atoms with E-state index in [2.05, 4.69) is 5.32 Å². The van der Waals surface area contributed by atoms with Crippen LogP contribution in [0.4, 0.5) is 0 Å². The summed E-state index contributed by atoms with van der Waals surface area (Å²) in [6.45, 7) is 1.95. The van der Waals surface area contributed by atoms with Gasteiger partial charge in [0.05, 0.1) is 13.0 Å². The van der Waals surface area contributed by atoms with Gasteiger partial charge >= 0.3 is 5.97 Å². The van der Waals surface area contributed by atoms with E-state index >= 15 is 0 Å². The van der Waals surface area contributed by atoms with Crippen LogP contribution < -0.4 is 10.1 Å². The standard InChI is InChI=1S/C16H23NO4S/c1-11(10-22-3)15(18)17-9-13(16(19)20)8-12-6-4-5-7-14(12)21-2/h4-7,11,13H,8-10H2,1-3H3,(H,17,18)(H,19,20). The fraction of sp³-hybridized carbons (Fsp3) is 0.500. The molecule has 5 nitrogen and oxygen atoms in total. The topological polar surface area (TPSA) is 75.6 Å². The number of carboxylic acid groups (broad SMARTS) is 1. The van der Waals surface area contributed by atoms with Crippen molar-refractivity contribution in [1.29, 1.82) is 0 Å². The summed E-state index contributed by atoms with van der Waals surface area (Å²) in [5, 5.41) is 12.1. The molecule has 2 N–H and O–H groups in total. The Morgan fingerprint density at radius 2 is 2.05 bits per heavy atom. The molecule has 6 heteroatoms. The predicted molar refractivity (Wildman–Crippen MR) is 88.4 cm³/mol. The molecule has 0 fully saturated rings. The lowest BCUT2D eigenvalue weighted by Crippen LogP contribution is -2.37. The number of hydrogen-bond acceptors (Lipinski definition) is 4. The molecule has 122 valence electrons. The van der Waals surface area contributed by atoms with E-state index < -0.39 is 11.9 Å². The summed E-state index contributed by atoms with van der Waals surface area (Å²) in [4.78, 5) is 23.3. The summed E-state index contributed by atoms with van der Waals surface area (Å²) in [5.74, 6) is -0.464. The maximum Gasteiger partial charge on any atom is 0.308 e. The van der Waals surface area contributed by atoms with Gasteiger partial charge < -0.3 is 15.2 Å². The van der Waals surface area contributed by atoms with Gasteiger partial charge in [-0.2, -0.15) is 11.8 Å². The van der Waals surface area contributed by atoms with Crippen molar-refractivity contribution in [3.63, 3.8) is 0 Å². The van der Waals surface area contributed by atoms with Gasteiger partial charge in [-0.15, -0.1) is 0 Å². The molecule has 1 aromatic carbocycles. The Morgan fingerprint density at radius 1 is 1.36 bits per heavy atom. The summed E-state index contributed by atoms with van der Waals surface area (Å²) in [5.41, 5.74) is 0.823. The number of rotatable bonds is 9. The van der Waals surface area contributed by atoms with Crippen LogP contribution in [-0.4, -0.2) is 42.6 Å². The zero-order valence-electron chi connectivity index (χ0n) is 13.2. The number of nitrogens with one attached hydrogen (secondary N) is 1. The fourth-order valence-electron chi connectivity index (χ4n) is 2.11. The normalized spacial score (nSPS) is 13.2. The number of amides is 1. The monoisotopic (exact) mass is 325 g/mol. The molecule has 0 bridgehead atoms. The first-order valence-electron chi connectivity index (χ1n) is 7.11. The Bertz CT molecular complexity index is 507. The van der Waals surface area contributed by atoms with Crippen LogP contribution in [0.5, 0.6) is 5.75 Å². The summed E-state index contributed by atoms with van der Waals surface area (Å²) >= 11 is 1.59. The minimum absolute atomic E-state index is 0.111. The molecule has 1 aromatic rings. The highest BCUT2D eigenvalue weighted by atomic mass is 32.2. The molecular formula is C16H23NO4S. The Balaban J connectivity index is 2.67. The molecule has 0 saturated carbocycles. The van der Waals surface area contributed by atoms with Crippen LogP contribution in [0.2, 0.25) is 0 Å². The lowest BCUT2D eigenvalue weighted by atomic mass is 9.98. The van der Waals surface area contributed by atoms with Crippen LogP contribution in [0.3, 0.4) is 0 Å². The van der Waals surface area contributed by atoms with E-state index in [1.54, 1.807) is 24.9 Å². The molecule has 0 spiro atoms. The number of thioether (sulfide) groups is 1. The highest BCUT2D eigenvalue weighted by molar-refractivity contribution is 7.98. The van der Waals surface area contributed by atoms with Gasteiger partial charge in [0.15, 0.2) is 0 Å². The molecule has 0 saturated heterocycles. The second kappa shape index (κ2) is 9.35. The molecule has 22 heavy (non-hydrogen) atoms. The Morgan fingerprint density at radius 3 is 2.64 bits per heavy atom. The van der Waals surface area contributed by atoms with E-state index in [1.165, 1.54) is 0 Å². The molecule has 1 rings (SSSR count). The number of carbonyl (C=O) groups is 2. The maximum absolute atomic E-state index is 11.9. The van der Waals surface area contributed by atoms with Gasteiger partial charge in [-0.25, -0.2) is 0 Å². The molecule has 0 aliphatic rings. The molecule has 0 aliphatic carbocycles. The van der Waals surface area contributed by atoms with Crippen LogP contribution in [-0.2, 0) is 16.0 Å². The van der Waals surface area contributed by atoms with Gasteiger partial charge in [0.2, 0.25) is 5.91 Å². The van der Waals surface area contributed by atoms with Crippen molar-refractivity contribution in [3.8, 4) is 5.75 Å². The van der Waals surface area contributed by atoms with Crippen molar-refractivity contribution in [2.24, 2.45) is 11.8 Å². The van der Waals surface area contributed by atoms with E-state index in [4.69, 9.17) is 4.74 Å². The number of carboxylic acids is 1. The number of aliphatic carboxylic acids is 1. The van der Waals surface area contributed by atoms with Crippen molar-refractivity contribution >= 4 is 23.6 Å². The molecular weight excluding hydrogens is 302 g/mol. The highest BCUT2D eigenvalue weighted by Gasteiger charge is 2.22. The summed E-state index contributed by atoms with van der Waals surface area (Å²) < 4.78 is 5.24. The SMILES string of the molecule is COc1ccccc1CC(CNC(=O)C(C)CSC)C(=O)O. The van der Waals surface area contributed by atoms with Gasteiger partial charge in [0.25, 0.3) is 0 Å². The third-order valence-corrected chi connectivity index (χ3v) is 4.23. The Hall–Kier alpha value is -1.69. The Labute approximate surface area is 135 Å². The van der Waals surface area contributed by atoms with E-state index in [9.17, 15) is 14.7 Å². The first-order valence-corrected chi connectivity index (χ1v) is 8.50. The molecule has 0 heterocycles. The first kappa shape index (κ1) is 18.4. The van der Waals surface area contributed by atoms with E-state index in [0.29, 0.717) is 12.2 Å². The van der Waals surface area contributed by atoms with E-state index in [-0.39, 0.29) is 18.4 Å². The number of ether oxygens (including phenoxy) is 1. The van der Waals surface area contributed by atoms with Gasteiger partial charge in [0, 0.05) is 18.2 Å². The molecule has 0 aliphatic heterocycles. The molecule has 1 amide bonds. The fourth-order valence-corrected chi connectivity index (χ4v) is 2.76. The van der Waals surface area contributed by atoms with E-state index in [1.807, 2.05) is 31.4 Å². The largest absolute Gasteiger partial charge is 0.496 e. The smallest absolute Gasteiger partial charge is 0.308 e. The minimum Gasteiger partial charge on any atom is -0.496 e. The second-order valence-electron chi connectivity index (χ2n) is 5.15. The van der Waals surface area contributed by atoms with Crippen molar-refractivity contribution in [3.05, 3.63) is 29.8 Å². The second-order valence-corrected chi connectivity index (χ2v) is 6.06. The van der Waals surface area contributed by atoms with Gasteiger partial charge in [0.1, 0.15) is 5.75 Å². The quantitative estimate of drug-likeness (QED) is 0.727. The third-order valence-electron chi connectivity index (χ3n) is 3.40. The van der Waals surface area contributed by atoms with Crippen molar-refractivity contribution in [2.75, 3.05) is 25.7 Å². The number of benzene rings is 1. The van der Waals surface area contributed by atoms with Gasteiger partial charge in [-0.1, -0.05) is 25.1 Å². The lowest BCUT2D eigenvalue weighted by molar-refractivity contribution is -0.141. The average Bonchev–Trinajstić information content (AvgIpc) is 2.51. The summed E-state index contributed by atoms with van der Waals surface area (Å²) in [6.07, 6.45) is 2.25. The summed E-state index contributed by atoms with van der Waals surface area (Å²) in [6, 6.07) is 7.32. The minimum atomic E-state index is -0.927. The Kier molecular flexibility index (Phi) is 7.80. The third kappa shape index (κ3) is 5.60. The molecule has 2 atom stereocenters. The van der Waals surface area contributed by atoms with Crippen molar-refractivity contribution < 1.29 is 19.4 Å². The van der Waals surface area contributed by atoms with Crippen LogP contribution in [0.1, 0.15) is 12.5 Å². The molecule has 0 aromatic heterocycles. The average molecular weight is 325 g/mol. The number of para-hydroxylation sites is 1. The van der Waals surface area contributed by atoms with Gasteiger partial charge in [-0.05, 0) is 24.3 Å². The van der Waals surface area contributed by atoms with E-state index in [0.717, 1.165) is 11.3 Å². The predicted octanol–water partition coefficient (Wildman–Crippen LogP) is 2.05. The van der Waals surface area contributed by atoms with Crippen molar-refractivity contribution in [2.45, 2.75) is 13.3 Å². The van der Waals surface area contributed by atoms with Crippen LogP contribution in [0.15, 0.2) is 24.3 Å². The van der Waals surface area contributed by atoms with Crippen molar-refractivity contribution in [1.82, 2.24) is 5.32 Å². The maximum atomic E-state index is 11.9. The number of carbonyl (C=O) groups excluding carboxylic acids is 1. The lowest BCUT2D eigenvalue weighted by Gasteiger charge is -2.17. The van der Waals surface area contributed by atoms with Gasteiger partial charge in [-0.3, -0.25) is 9.59 Å². The van der Waals surface area contributed by atoms with Crippen LogP contribution in [0.25, 0.3) is 0 Å². The number of methoxy groups -OCH3 is 1. The zero-order valence-corrected chi connectivity index (χ0v) is 14.0. The van der Waals surface area contributed by atoms with Crippen LogP contribution in [0, 0.1) is 11.8 Å². The zero-order chi connectivity index (χ0) is 16.5. The molecule has 0 radical (unpaired) electrons. The van der Waals surface area contributed by atoms with Crippen LogP contribution >= 0.6 is 11.8 Å². The first-order chi connectivity index (χ1) is 10.5.